The Labute approximate surface area is 137 Å². The second-order valence-electron chi connectivity index (χ2n) is 5.89. The van der Waals surface area contributed by atoms with Gasteiger partial charge in [0.25, 0.3) is 0 Å². The normalized spacial score (nSPS) is 10.5. The van der Waals surface area contributed by atoms with Crippen LogP contribution in [0.1, 0.15) is 29.2 Å². The molecule has 3 nitrogen and oxygen atoms in total. The van der Waals surface area contributed by atoms with Gasteiger partial charge in [0.1, 0.15) is 11.5 Å². The molecule has 0 radical (unpaired) electrons. The topological polar surface area (TPSA) is 46.5 Å². The minimum atomic E-state index is -0.465. The first kappa shape index (κ1) is 16.8. The molecule has 0 aromatic heterocycles. The molecule has 0 aliphatic heterocycles. The van der Waals surface area contributed by atoms with Gasteiger partial charge in [-0.2, -0.15) is 0 Å². The van der Waals surface area contributed by atoms with E-state index in [-0.39, 0.29) is 5.75 Å². The summed E-state index contributed by atoms with van der Waals surface area (Å²) in [6.07, 6.45) is 0. The molecule has 0 aliphatic carbocycles. The predicted octanol–water partition coefficient (Wildman–Crippen LogP) is 4.77. The second-order valence-corrected chi connectivity index (χ2v) is 5.89. The number of phenols is 1. The minimum Gasteiger partial charge on any atom is -0.507 e. The zero-order chi connectivity index (χ0) is 17.3. The molecule has 0 atom stereocenters. The van der Waals surface area contributed by atoms with Gasteiger partial charge in [0.2, 0.25) is 0 Å². The highest BCUT2D eigenvalue weighted by Crippen LogP contribution is 2.43. The first-order valence-corrected chi connectivity index (χ1v) is 7.52. The van der Waals surface area contributed by atoms with Crippen LogP contribution in [0.2, 0.25) is 0 Å². The van der Waals surface area contributed by atoms with E-state index in [9.17, 15) is 9.90 Å². The van der Waals surface area contributed by atoms with Gasteiger partial charge in [-0.1, -0.05) is 24.8 Å². The summed E-state index contributed by atoms with van der Waals surface area (Å²) in [5, 5.41) is 10.2. The minimum absolute atomic E-state index is 0.158. The number of phenolic OH excluding ortho intramolecular Hbond substituents is 1. The van der Waals surface area contributed by atoms with E-state index < -0.39 is 5.97 Å². The van der Waals surface area contributed by atoms with Gasteiger partial charge < -0.3 is 9.84 Å². The smallest absolute Gasteiger partial charge is 0.338 e. The number of rotatable bonds is 3. The van der Waals surface area contributed by atoms with Crippen LogP contribution in [-0.4, -0.2) is 11.1 Å². The maximum Gasteiger partial charge on any atom is 0.338 e. The number of hydrogen-bond donors (Lipinski definition) is 1. The van der Waals surface area contributed by atoms with Crippen molar-refractivity contribution in [2.45, 2.75) is 34.6 Å². The number of para-hydroxylation sites is 1. The summed E-state index contributed by atoms with van der Waals surface area (Å²) >= 11 is 0. The van der Waals surface area contributed by atoms with Crippen molar-refractivity contribution in [1.82, 2.24) is 0 Å². The van der Waals surface area contributed by atoms with E-state index >= 15 is 0 Å². The zero-order valence-electron chi connectivity index (χ0n) is 14.3. The van der Waals surface area contributed by atoms with Crippen LogP contribution < -0.4 is 4.74 Å². The first-order chi connectivity index (χ1) is 10.8. The van der Waals surface area contributed by atoms with Crippen molar-refractivity contribution in [3.63, 3.8) is 0 Å². The molecule has 0 heterocycles. The third-order valence-electron chi connectivity index (χ3n) is 4.35. The van der Waals surface area contributed by atoms with E-state index in [2.05, 4.69) is 6.58 Å². The number of esters is 1. The molecule has 0 saturated carbocycles. The molecule has 2 aromatic rings. The van der Waals surface area contributed by atoms with E-state index in [0.717, 1.165) is 27.8 Å². The van der Waals surface area contributed by atoms with Gasteiger partial charge in [-0.25, -0.2) is 4.79 Å². The third kappa shape index (κ3) is 3.00. The lowest BCUT2D eigenvalue weighted by molar-refractivity contribution is -0.130. The Bertz CT molecular complexity index is 801. The maximum atomic E-state index is 12.1. The average Bonchev–Trinajstić information content (AvgIpc) is 2.51. The second kappa shape index (κ2) is 6.29. The molecule has 2 rings (SSSR count). The van der Waals surface area contributed by atoms with Gasteiger partial charge in [0.05, 0.1) is 0 Å². The monoisotopic (exact) mass is 310 g/mol. The lowest BCUT2D eigenvalue weighted by Crippen LogP contribution is -2.12. The molecular weight excluding hydrogens is 288 g/mol. The molecule has 0 fully saturated rings. The Kier molecular flexibility index (Phi) is 4.60. The molecule has 0 amide bonds. The van der Waals surface area contributed by atoms with Gasteiger partial charge in [0, 0.05) is 16.7 Å². The predicted molar refractivity (Wildman–Crippen MR) is 92.9 cm³/mol. The van der Waals surface area contributed by atoms with Crippen LogP contribution in [0.5, 0.6) is 11.5 Å². The fourth-order valence-corrected chi connectivity index (χ4v) is 2.59. The van der Waals surface area contributed by atoms with Crippen molar-refractivity contribution < 1.29 is 14.6 Å². The fourth-order valence-electron chi connectivity index (χ4n) is 2.59. The lowest BCUT2D eigenvalue weighted by Gasteiger charge is -2.21. The van der Waals surface area contributed by atoms with Crippen molar-refractivity contribution >= 4 is 5.97 Å². The number of ether oxygens (including phenoxy) is 1. The van der Waals surface area contributed by atoms with E-state index in [0.29, 0.717) is 16.9 Å². The molecule has 23 heavy (non-hydrogen) atoms. The first-order valence-electron chi connectivity index (χ1n) is 7.52. The third-order valence-corrected chi connectivity index (χ3v) is 4.35. The van der Waals surface area contributed by atoms with E-state index in [1.54, 1.807) is 19.1 Å². The van der Waals surface area contributed by atoms with Gasteiger partial charge in [0.15, 0.2) is 0 Å². The molecule has 120 valence electrons. The lowest BCUT2D eigenvalue weighted by atomic mass is 9.89. The summed E-state index contributed by atoms with van der Waals surface area (Å²) in [6.45, 7) is 13.2. The summed E-state index contributed by atoms with van der Waals surface area (Å²) in [6, 6.07) is 7.07. The summed E-state index contributed by atoms with van der Waals surface area (Å²) in [5.74, 6) is 0.179. The van der Waals surface area contributed by atoms with Crippen LogP contribution in [0.4, 0.5) is 0 Å². The summed E-state index contributed by atoms with van der Waals surface area (Å²) < 4.78 is 5.61. The Balaban J connectivity index is 2.81. The van der Waals surface area contributed by atoms with Crippen molar-refractivity contribution in [3.05, 3.63) is 58.7 Å². The Hall–Kier alpha value is -2.55. The SMILES string of the molecule is C=C(C)C(=O)Oc1c(C)c(C)c(C)c(C)c1-c1ccccc1O. The molecule has 0 bridgehead atoms. The Morgan fingerprint density at radius 3 is 2.13 bits per heavy atom. The molecule has 0 saturated heterocycles. The van der Waals surface area contributed by atoms with Gasteiger partial charge in [-0.05, 0) is 62.9 Å². The highest BCUT2D eigenvalue weighted by Gasteiger charge is 2.22. The van der Waals surface area contributed by atoms with Gasteiger partial charge in [-0.3, -0.25) is 0 Å². The van der Waals surface area contributed by atoms with Gasteiger partial charge >= 0.3 is 5.97 Å². The summed E-state index contributed by atoms with van der Waals surface area (Å²) in [7, 11) is 0. The van der Waals surface area contributed by atoms with Gasteiger partial charge in [-0.15, -0.1) is 0 Å². The Morgan fingerprint density at radius 2 is 1.57 bits per heavy atom. The van der Waals surface area contributed by atoms with Crippen LogP contribution in [-0.2, 0) is 4.79 Å². The summed E-state index contributed by atoms with van der Waals surface area (Å²) in [5.41, 5.74) is 5.81. The molecule has 3 heteroatoms. The highest BCUT2D eigenvalue weighted by molar-refractivity contribution is 5.92. The molecular formula is C20H22O3. The number of hydrogen-bond acceptors (Lipinski definition) is 3. The van der Waals surface area contributed by atoms with E-state index in [4.69, 9.17) is 4.74 Å². The number of aromatic hydroxyl groups is 1. The molecule has 0 unspecified atom stereocenters. The summed E-state index contributed by atoms with van der Waals surface area (Å²) in [4.78, 5) is 12.1. The largest absolute Gasteiger partial charge is 0.507 e. The van der Waals surface area contributed by atoms with Crippen molar-refractivity contribution in [2.24, 2.45) is 0 Å². The van der Waals surface area contributed by atoms with Crippen LogP contribution in [0.3, 0.4) is 0 Å². The van der Waals surface area contributed by atoms with E-state index in [1.807, 2.05) is 39.8 Å². The fraction of sp³-hybridized carbons (Fsp3) is 0.250. The zero-order valence-corrected chi connectivity index (χ0v) is 14.3. The standard InChI is InChI=1S/C20H22O3/c1-11(2)20(22)23-19-15(6)13(4)12(3)14(5)18(19)16-9-7-8-10-17(16)21/h7-10,21H,1H2,2-6H3. The van der Waals surface area contributed by atoms with Crippen LogP contribution in [0, 0.1) is 27.7 Å². The van der Waals surface area contributed by atoms with Crippen molar-refractivity contribution in [2.75, 3.05) is 0 Å². The van der Waals surface area contributed by atoms with Crippen LogP contribution in [0.15, 0.2) is 36.4 Å². The number of carbonyl (C=O) groups excluding carboxylic acids is 1. The molecule has 0 aliphatic rings. The Morgan fingerprint density at radius 1 is 1.00 bits per heavy atom. The van der Waals surface area contributed by atoms with Crippen molar-refractivity contribution in [1.29, 1.82) is 0 Å². The van der Waals surface area contributed by atoms with E-state index in [1.165, 1.54) is 0 Å². The van der Waals surface area contributed by atoms with Crippen LogP contribution >= 0.6 is 0 Å². The molecule has 2 aromatic carbocycles. The quantitative estimate of drug-likeness (QED) is 0.504. The number of benzene rings is 2. The van der Waals surface area contributed by atoms with Crippen LogP contribution in [0.25, 0.3) is 11.1 Å². The average molecular weight is 310 g/mol. The van der Waals surface area contributed by atoms with Crippen molar-refractivity contribution in [3.8, 4) is 22.6 Å². The molecule has 1 N–H and O–H groups in total. The maximum absolute atomic E-state index is 12.1. The highest BCUT2D eigenvalue weighted by atomic mass is 16.5. The number of carbonyl (C=O) groups is 1. The molecule has 0 spiro atoms.